The van der Waals surface area contributed by atoms with Crippen LogP contribution in [0.25, 0.3) is 0 Å². The molecule has 5 rings (SSSR count). The fourth-order valence-electron chi connectivity index (χ4n) is 6.00. The van der Waals surface area contributed by atoms with Gasteiger partial charge in [0.05, 0.1) is 7.11 Å². The van der Waals surface area contributed by atoms with Crippen LogP contribution in [0.15, 0.2) is 72.8 Å². The zero-order valence-corrected chi connectivity index (χ0v) is 22.2. The van der Waals surface area contributed by atoms with Crippen LogP contribution in [0.2, 0.25) is 0 Å². The van der Waals surface area contributed by atoms with Crippen molar-refractivity contribution >= 4 is 0 Å². The first-order valence-electron chi connectivity index (χ1n) is 13.5. The van der Waals surface area contributed by atoms with Gasteiger partial charge in [-0.15, -0.1) is 0 Å². The van der Waals surface area contributed by atoms with Crippen LogP contribution in [0, 0.1) is 0 Å². The molecule has 0 unspecified atom stereocenters. The molecule has 0 amide bonds. The molecule has 1 N–H and O–H groups in total. The normalized spacial score (nSPS) is 21.9. The van der Waals surface area contributed by atoms with E-state index in [4.69, 9.17) is 14.2 Å². The van der Waals surface area contributed by atoms with Crippen molar-refractivity contribution in [2.75, 3.05) is 33.4 Å². The number of rotatable bonds is 8. The van der Waals surface area contributed by atoms with Crippen molar-refractivity contribution in [1.29, 1.82) is 0 Å². The van der Waals surface area contributed by atoms with Crippen molar-refractivity contribution in [3.8, 4) is 17.2 Å². The number of hydrogen-bond acceptors (Lipinski definition) is 5. The maximum absolute atomic E-state index is 10.5. The molecule has 0 aliphatic carbocycles. The molecule has 37 heavy (non-hydrogen) atoms. The minimum Gasteiger partial charge on any atom is -0.497 e. The number of piperidine rings is 1. The van der Waals surface area contributed by atoms with Crippen molar-refractivity contribution in [2.45, 2.75) is 56.7 Å². The summed E-state index contributed by atoms with van der Waals surface area (Å²) in [5, 5.41) is 10.5. The third kappa shape index (κ3) is 5.78. The lowest BCUT2D eigenvalue weighted by Gasteiger charge is -2.45. The number of aliphatic hydroxyl groups is 1. The van der Waals surface area contributed by atoms with E-state index in [2.05, 4.69) is 67.3 Å². The van der Waals surface area contributed by atoms with Gasteiger partial charge in [-0.3, -0.25) is 0 Å². The predicted molar refractivity (Wildman–Crippen MR) is 147 cm³/mol. The number of β-amino-alcohol motifs (C(OH)–C–C–N with tert-alkyl or cyclic N) is 1. The zero-order valence-electron chi connectivity index (χ0n) is 22.2. The van der Waals surface area contributed by atoms with Gasteiger partial charge in [0.2, 0.25) is 0 Å². The lowest BCUT2D eigenvalue weighted by Crippen LogP contribution is -2.43. The van der Waals surface area contributed by atoms with Gasteiger partial charge < -0.3 is 24.2 Å². The van der Waals surface area contributed by atoms with Gasteiger partial charge in [0.15, 0.2) is 0 Å². The lowest BCUT2D eigenvalue weighted by atomic mass is 9.68. The van der Waals surface area contributed by atoms with Crippen LogP contribution in [-0.4, -0.2) is 55.1 Å². The van der Waals surface area contributed by atoms with Crippen molar-refractivity contribution in [1.82, 2.24) is 4.90 Å². The van der Waals surface area contributed by atoms with E-state index in [1.54, 1.807) is 7.11 Å². The summed E-state index contributed by atoms with van der Waals surface area (Å²) in [5.41, 5.74) is 3.18. The molecule has 5 nitrogen and oxygen atoms in total. The first kappa shape index (κ1) is 25.6. The van der Waals surface area contributed by atoms with Crippen LogP contribution in [0.3, 0.4) is 0 Å². The molecule has 0 saturated carbocycles. The first-order chi connectivity index (χ1) is 17.9. The summed E-state index contributed by atoms with van der Waals surface area (Å²) in [6.45, 7) is 7.46. The molecule has 1 fully saturated rings. The number of ether oxygens (including phenoxy) is 3. The number of benzene rings is 3. The van der Waals surface area contributed by atoms with Crippen LogP contribution in [0.1, 0.15) is 61.6 Å². The molecule has 1 saturated heterocycles. The summed E-state index contributed by atoms with van der Waals surface area (Å²) in [4.78, 5) is 2.34. The van der Waals surface area contributed by atoms with Gasteiger partial charge in [0.25, 0.3) is 0 Å². The molecule has 3 aromatic rings. The van der Waals surface area contributed by atoms with Crippen LogP contribution in [-0.2, 0) is 0 Å². The smallest absolute Gasteiger partial charge is 0.127 e. The molecule has 5 heteroatoms. The Labute approximate surface area is 221 Å². The topological polar surface area (TPSA) is 51.2 Å². The Hall–Kier alpha value is -3.02. The molecule has 0 aromatic heterocycles. The number of methoxy groups -OCH3 is 1. The Kier molecular flexibility index (Phi) is 7.73. The second-order valence-corrected chi connectivity index (χ2v) is 10.9. The summed E-state index contributed by atoms with van der Waals surface area (Å²) >= 11 is 0. The monoisotopic (exact) mass is 501 g/mol. The van der Waals surface area contributed by atoms with Crippen LogP contribution in [0.5, 0.6) is 17.2 Å². The molecule has 3 atom stereocenters. The van der Waals surface area contributed by atoms with Gasteiger partial charge >= 0.3 is 0 Å². The van der Waals surface area contributed by atoms with Crippen molar-refractivity contribution in [3.63, 3.8) is 0 Å². The second kappa shape index (κ2) is 11.2. The van der Waals surface area contributed by atoms with E-state index in [1.807, 2.05) is 24.3 Å². The van der Waals surface area contributed by atoms with E-state index in [9.17, 15) is 5.11 Å². The highest BCUT2D eigenvalue weighted by Crippen LogP contribution is 2.53. The fourth-order valence-corrected chi connectivity index (χ4v) is 6.00. The molecule has 0 bridgehead atoms. The van der Waals surface area contributed by atoms with Crippen molar-refractivity contribution in [3.05, 3.63) is 89.5 Å². The summed E-state index contributed by atoms with van der Waals surface area (Å²) in [6.07, 6.45) is 3.25. The van der Waals surface area contributed by atoms with E-state index < -0.39 is 11.7 Å². The van der Waals surface area contributed by atoms with Crippen molar-refractivity contribution < 1.29 is 19.3 Å². The highest BCUT2D eigenvalue weighted by molar-refractivity contribution is 5.52. The predicted octanol–water partition coefficient (Wildman–Crippen LogP) is 6.01. The highest BCUT2D eigenvalue weighted by Gasteiger charge is 2.45. The van der Waals surface area contributed by atoms with Crippen LogP contribution >= 0.6 is 0 Å². The maximum Gasteiger partial charge on any atom is 0.127 e. The molecule has 2 aliphatic rings. The minimum atomic E-state index is -0.488. The van der Waals surface area contributed by atoms with E-state index in [0.29, 0.717) is 13.2 Å². The Morgan fingerprint density at radius 1 is 0.919 bits per heavy atom. The first-order valence-corrected chi connectivity index (χ1v) is 13.5. The second-order valence-electron chi connectivity index (χ2n) is 10.9. The summed E-state index contributed by atoms with van der Waals surface area (Å²) < 4.78 is 18.1. The zero-order chi connectivity index (χ0) is 25.8. The Morgan fingerprint density at radius 2 is 1.62 bits per heavy atom. The Morgan fingerprint density at radius 3 is 2.32 bits per heavy atom. The molecular weight excluding hydrogens is 462 g/mol. The van der Waals surface area contributed by atoms with Gasteiger partial charge in [0.1, 0.15) is 35.6 Å². The molecule has 0 radical (unpaired) electrons. The van der Waals surface area contributed by atoms with Gasteiger partial charge in [-0.2, -0.15) is 0 Å². The summed E-state index contributed by atoms with van der Waals surface area (Å²) in [7, 11) is 1.68. The SMILES string of the molecule is COc1ccc2c(c1)OC(C)(C)[C@@H](c1ccccc1)[C@@H]2c1ccc(OC[C@@H](O)CN2CCCCC2)cc1. The average Bonchev–Trinajstić information content (AvgIpc) is 2.91. The number of hydrogen-bond donors (Lipinski definition) is 1. The quantitative estimate of drug-likeness (QED) is 0.410. The maximum atomic E-state index is 10.5. The van der Waals surface area contributed by atoms with Crippen LogP contribution in [0.4, 0.5) is 0 Å². The number of fused-ring (bicyclic) bond motifs is 1. The lowest BCUT2D eigenvalue weighted by molar-refractivity contribution is 0.0527. The van der Waals surface area contributed by atoms with E-state index in [0.717, 1.165) is 35.9 Å². The third-order valence-electron chi connectivity index (χ3n) is 7.77. The molecule has 2 aliphatic heterocycles. The number of nitrogens with zero attached hydrogens (tertiary/aromatic N) is 1. The molecular formula is C32H39NO4. The summed E-state index contributed by atoms with van der Waals surface area (Å²) in [5.74, 6) is 2.65. The van der Waals surface area contributed by atoms with Gasteiger partial charge in [-0.1, -0.05) is 55.0 Å². The summed E-state index contributed by atoms with van der Waals surface area (Å²) in [6, 6.07) is 25.1. The highest BCUT2D eigenvalue weighted by atomic mass is 16.5. The number of aliphatic hydroxyl groups excluding tert-OH is 1. The minimum absolute atomic E-state index is 0.103. The van der Waals surface area contributed by atoms with E-state index >= 15 is 0 Å². The Balaban J connectivity index is 1.39. The number of likely N-dealkylation sites (tertiary alicyclic amines) is 1. The molecule has 3 aromatic carbocycles. The molecule has 0 spiro atoms. The van der Waals surface area contributed by atoms with Gasteiger partial charge in [-0.25, -0.2) is 0 Å². The van der Waals surface area contributed by atoms with Crippen molar-refractivity contribution in [2.24, 2.45) is 0 Å². The fraction of sp³-hybridized carbons (Fsp3) is 0.438. The third-order valence-corrected chi connectivity index (χ3v) is 7.77. The van der Waals surface area contributed by atoms with E-state index in [-0.39, 0.29) is 11.8 Å². The molecule has 2 heterocycles. The Bertz CT molecular complexity index is 1160. The van der Waals surface area contributed by atoms with Gasteiger partial charge in [-0.05, 0) is 69.1 Å². The van der Waals surface area contributed by atoms with Gasteiger partial charge in [0, 0.05) is 30.0 Å². The van der Waals surface area contributed by atoms with E-state index in [1.165, 1.54) is 30.4 Å². The molecule has 196 valence electrons. The average molecular weight is 502 g/mol. The largest absolute Gasteiger partial charge is 0.497 e. The standard InChI is InChI=1S/C32H39NO4/c1-32(2)31(24-10-6-4-7-11-24)30(28-17-16-27(35-3)20-29(28)37-32)23-12-14-26(15-13-23)36-22-25(34)21-33-18-8-5-9-19-33/h4,6-7,10-17,20,25,30-31,34H,5,8-9,18-19,21-22H2,1-3H3/t25-,30+,31-/m0/s1. The van der Waals surface area contributed by atoms with Crippen LogP contribution < -0.4 is 14.2 Å².